The normalized spacial score (nSPS) is 13.9. The van der Waals surface area contributed by atoms with E-state index in [0.717, 1.165) is 51.4 Å². The van der Waals surface area contributed by atoms with E-state index in [9.17, 15) is 18.1 Å². The fraction of sp³-hybridized carbons (Fsp3) is 1.00. The molecule has 0 aliphatic rings. The quantitative estimate of drug-likeness (QED) is 0.183. The van der Waals surface area contributed by atoms with Crippen LogP contribution >= 0.6 is 0 Å². The molecule has 2 atom stereocenters. The predicted molar refractivity (Wildman–Crippen MR) is 114 cm³/mol. The van der Waals surface area contributed by atoms with Gasteiger partial charge >= 0.3 is 29.6 Å². The zero-order valence-corrected chi connectivity index (χ0v) is 21.8. The van der Waals surface area contributed by atoms with Crippen LogP contribution in [0.4, 0.5) is 0 Å². The summed E-state index contributed by atoms with van der Waals surface area (Å²) in [6, 6.07) is 0. The molecule has 0 bridgehead atoms. The van der Waals surface area contributed by atoms with Crippen LogP contribution in [-0.4, -0.2) is 29.4 Å². The van der Waals surface area contributed by atoms with E-state index >= 15 is 0 Å². The Hall–Kier alpha value is 0.870. The summed E-state index contributed by atoms with van der Waals surface area (Å²) < 4.78 is 33.5. The smallest absolute Gasteiger partial charge is 0.748 e. The average molecular weight is 429 g/mol. The van der Waals surface area contributed by atoms with Crippen molar-refractivity contribution in [2.45, 2.75) is 141 Å². The number of aliphatic hydroxyl groups excluding tert-OH is 1. The summed E-state index contributed by atoms with van der Waals surface area (Å²) in [6.45, 7) is 4.09. The molecule has 2 unspecified atom stereocenters. The van der Waals surface area contributed by atoms with E-state index in [1.54, 1.807) is 0 Å². The van der Waals surface area contributed by atoms with Crippen molar-refractivity contribution >= 4 is 10.1 Å². The molecule has 0 aliphatic heterocycles. The molecule has 0 fully saturated rings. The van der Waals surface area contributed by atoms with Gasteiger partial charge in [0.25, 0.3) is 0 Å². The van der Waals surface area contributed by atoms with E-state index in [1.165, 1.54) is 51.4 Å². The second-order valence-corrected chi connectivity index (χ2v) is 9.82. The van der Waals surface area contributed by atoms with Gasteiger partial charge in [-0.05, 0) is 25.7 Å². The summed E-state index contributed by atoms with van der Waals surface area (Å²) in [5.74, 6) is 0. The minimum atomic E-state index is -4.11. The van der Waals surface area contributed by atoms with Gasteiger partial charge in [-0.15, -0.1) is 0 Å². The second kappa shape index (κ2) is 21.1. The third-order valence-corrected chi connectivity index (χ3v) is 6.76. The van der Waals surface area contributed by atoms with Crippen LogP contribution in [0, 0.1) is 0 Å². The molecule has 0 aromatic heterocycles. The molecule has 0 amide bonds. The van der Waals surface area contributed by atoms with Gasteiger partial charge < -0.3 is 9.66 Å². The van der Waals surface area contributed by atoms with Gasteiger partial charge in [-0.2, -0.15) is 0 Å². The molecule has 6 heteroatoms. The van der Waals surface area contributed by atoms with Crippen LogP contribution in [0.2, 0.25) is 0 Å². The maximum Gasteiger partial charge on any atom is 1.00 e. The fourth-order valence-corrected chi connectivity index (χ4v) is 4.66. The Morgan fingerprint density at radius 2 is 1.04 bits per heavy atom. The van der Waals surface area contributed by atoms with Gasteiger partial charge in [-0.25, -0.2) is 8.42 Å². The van der Waals surface area contributed by atoms with Gasteiger partial charge in [0.15, 0.2) is 0 Å². The molecule has 0 saturated carbocycles. The summed E-state index contributed by atoms with van der Waals surface area (Å²) in [5, 5.41) is 9.12. The fourth-order valence-electron chi connectivity index (χ4n) is 3.68. The van der Waals surface area contributed by atoms with Crippen LogP contribution < -0.4 is 29.6 Å². The molecule has 1 N–H and O–H groups in total. The summed E-state index contributed by atoms with van der Waals surface area (Å²) in [4.78, 5) is 0. The molecule has 0 aromatic carbocycles. The molecule has 28 heavy (non-hydrogen) atoms. The van der Waals surface area contributed by atoms with Gasteiger partial charge in [0.05, 0.1) is 16.2 Å². The van der Waals surface area contributed by atoms with Crippen molar-refractivity contribution in [3.05, 3.63) is 0 Å². The SMILES string of the molecule is CCCCC(O)CCCCCCCCCCCCCC(CCC)S(=O)(=O)[O-].[Na+]. The van der Waals surface area contributed by atoms with Crippen molar-refractivity contribution in [3.63, 3.8) is 0 Å². The standard InChI is InChI=1S/C22H46O4S.Na/c1-3-5-18-21(23)19-15-13-11-9-7-6-8-10-12-14-16-20-22(17-4-2)27(24,25)26;/h21-23H,3-20H2,1-2H3,(H,24,25,26);/q;+1/p-1. The Kier molecular flexibility index (Phi) is 23.4. The Labute approximate surface area is 197 Å². The summed E-state index contributed by atoms with van der Waals surface area (Å²) in [7, 11) is -4.11. The van der Waals surface area contributed by atoms with Crippen molar-refractivity contribution in [1.29, 1.82) is 0 Å². The monoisotopic (exact) mass is 428 g/mol. The largest absolute Gasteiger partial charge is 1.00 e. The minimum Gasteiger partial charge on any atom is -0.748 e. The zero-order chi connectivity index (χ0) is 20.4. The molecule has 0 heterocycles. The molecule has 164 valence electrons. The number of unbranched alkanes of at least 4 members (excludes halogenated alkanes) is 11. The topological polar surface area (TPSA) is 77.4 Å². The Bertz CT molecular complexity index is 415. The van der Waals surface area contributed by atoms with Crippen LogP contribution in [0.25, 0.3) is 0 Å². The molecule has 0 spiro atoms. The van der Waals surface area contributed by atoms with Gasteiger partial charge in [0, 0.05) is 5.25 Å². The molecule has 0 saturated heterocycles. The Morgan fingerprint density at radius 3 is 1.43 bits per heavy atom. The summed E-state index contributed by atoms with van der Waals surface area (Å²) >= 11 is 0. The average Bonchev–Trinajstić information content (AvgIpc) is 2.61. The van der Waals surface area contributed by atoms with Crippen molar-refractivity contribution in [2.24, 2.45) is 0 Å². The number of hydrogen-bond donors (Lipinski definition) is 1. The molecular weight excluding hydrogens is 383 g/mol. The third-order valence-electron chi connectivity index (χ3n) is 5.47. The van der Waals surface area contributed by atoms with Gasteiger partial charge in [0.1, 0.15) is 0 Å². The predicted octanol–water partition coefficient (Wildman–Crippen LogP) is 3.33. The van der Waals surface area contributed by atoms with Crippen molar-refractivity contribution < 1.29 is 47.6 Å². The van der Waals surface area contributed by atoms with E-state index < -0.39 is 15.4 Å². The van der Waals surface area contributed by atoms with Crippen LogP contribution in [-0.2, 0) is 10.1 Å². The first-order valence-corrected chi connectivity index (χ1v) is 13.0. The number of aliphatic hydroxyl groups is 1. The second-order valence-electron chi connectivity index (χ2n) is 8.17. The van der Waals surface area contributed by atoms with E-state index in [4.69, 9.17) is 0 Å². The maximum absolute atomic E-state index is 11.2. The van der Waals surface area contributed by atoms with Gasteiger partial charge in [0.2, 0.25) is 0 Å². The van der Waals surface area contributed by atoms with Crippen molar-refractivity contribution in [2.75, 3.05) is 0 Å². The van der Waals surface area contributed by atoms with E-state index in [1.807, 2.05) is 6.92 Å². The molecule has 0 aromatic rings. The zero-order valence-electron chi connectivity index (χ0n) is 19.0. The summed E-state index contributed by atoms with van der Waals surface area (Å²) in [6.07, 6.45) is 19.0. The number of hydrogen-bond acceptors (Lipinski definition) is 4. The molecule has 0 rings (SSSR count). The van der Waals surface area contributed by atoms with Crippen molar-refractivity contribution in [3.8, 4) is 0 Å². The first-order chi connectivity index (χ1) is 12.9. The maximum atomic E-state index is 11.2. The molecule has 0 radical (unpaired) electrons. The van der Waals surface area contributed by atoms with Crippen molar-refractivity contribution in [1.82, 2.24) is 0 Å². The van der Waals surface area contributed by atoms with Crippen LogP contribution in [0.1, 0.15) is 129 Å². The Balaban J connectivity index is 0. The van der Waals surface area contributed by atoms with Gasteiger partial charge in [-0.1, -0.05) is 104 Å². The third kappa shape index (κ3) is 20.2. The van der Waals surface area contributed by atoms with E-state index in [0.29, 0.717) is 12.8 Å². The first kappa shape index (κ1) is 31.1. The minimum absolute atomic E-state index is 0. The van der Waals surface area contributed by atoms with E-state index in [-0.39, 0.29) is 35.7 Å². The van der Waals surface area contributed by atoms with Crippen LogP contribution in [0.15, 0.2) is 0 Å². The van der Waals surface area contributed by atoms with Crippen LogP contribution in [0.5, 0.6) is 0 Å². The van der Waals surface area contributed by atoms with Crippen LogP contribution in [0.3, 0.4) is 0 Å². The molecular formula is C22H45NaO4S. The summed E-state index contributed by atoms with van der Waals surface area (Å²) in [5.41, 5.74) is 0. The molecule has 0 aliphatic carbocycles. The molecule has 4 nitrogen and oxygen atoms in total. The Morgan fingerprint density at radius 1 is 0.643 bits per heavy atom. The number of rotatable bonds is 20. The van der Waals surface area contributed by atoms with E-state index in [2.05, 4.69) is 6.92 Å². The first-order valence-electron chi connectivity index (χ1n) is 11.5. The van der Waals surface area contributed by atoms with Gasteiger partial charge in [-0.3, -0.25) is 0 Å².